The molecule has 0 bridgehead atoms. The predicted octanol–water partition coefficient (Wildman–Crippen LogP) is 4.05. The Morgan fingerprint density at radius 1 is 1.16 bits per heavy atom. The van der Waals surface area contributed by atoms with E-state index in [0.717, 1.165) is 11.1 Å². The Labute approximate surface area is 184 Å². The van der Waals surface area contributed by atoms with Gasteiger partial charge in [0.2, 0.25) is 11.8 Å². The van der Waals surface area contributed by atoms with E-state index in [4.69, 9.17) is 21.1 Å². The van der Waals surface area contributed by atoms with Gasteiger partial charge in [0.05, 0.1) is 26.3 Å². The van der Waals surface area contributed by atoms with Gasteiger partial charge < -0.3 is 20.1 Å². The number of amides is 2. The SMILES string of the molecule is COc1cc(NC(=O)[C@H]2CC(=O)Nc3c(C)c(-c4ccc(Cl)cc4)nn32)cc(OC)c1. The predicted molar refractivity (Wildman–Crippen MR) is 118 cm³/mol. The van der Waals surface area contributed by atoms with E-state index >= 15 is 0 Å². The van der Waals surface area contributed by atoms with Gasteiger partial charge >= 0.3 is 0 Å². The van der Waals surface area contributed by atoms with Gasteiger partial charge in [0.25, 0.3) is 0 Å². The number of carbonyl (C=O) groups is 2. The number of methoxy groups -OCH3 is 2. The summed E-state index contributed by atoms with van der Waals surface area (Å²) in [5.41, 5.74) is 2.79. The van der Waals surface area contributed by atoms with E-state index in [0.29, 0.717) is 33.7 Å². The molecule has 2 heterocycles. The van der Waals surface area contributed by atoms with Crippen LogP contribution in [0, 0.1) is 6.92 Å². The summed E-state index contributed by atoms with van der Waals surface area (Å²) < 4.78 is 12.1. The molecule has 0 spiro atoms. The highest BCUT2D eigenvalue weighted by molar-refractivity contribution is 6.30. The summed E-state index contributed by atoms with van der Waals surface area (Å²) in [5.74, 6) is 0.969. The number of ether oxygens (including phenoxy) is 2. The molecular formula is C22H21ClN4O4. The Hall–Kier alpha value is -3.52. The van der Waals surface area contributed by atoms with Gasteiger partial charge in [-0.2, -0.15) is 5.10 Å². The van der Waals surface area contributed by atoms with E-state index in [9.17, 15) is 9.59 Å². The lowest BCUT2D eigenvalue weighted by atomic mass is 10.1. The van der Waals surface area contributed by atoms with Gasteiger partial charge in [-0.3, -0.25) is 9.59 Å². The van der Waals surface area contributed by atoms with Crippen molar-refractivity contribution in [2.75, 3.05) is 24.9 Å². The molecule has 4 rings (SSSR count). The molecule has 2 N–H and O–H groups in total. The highest BCUT2D eigenvalue weighted by atomic mass is 35.5. The fourth-order valence-corrected chi connectivity index (χ4v) is 3.66. The Kier molecular flexibility index (Phi) is 5.56. The zero-order valence-corrected chi connectivity index (χ0v) is 18.0. The third-order valence-corrected chi connectivity index (χ3v) is 5.37. The highest BCUT2D eigenvalue weighted by Crippen LogP contribution is 2.35. The molecule has 31 heavy (non-hydrogen) atoms. The van der Waals surface area contributed by atoms with Gasteiger partial charge in [-0.05, 0) is 19.1 Å². The number of anilines is 2. The van der Waals surface area contributed by atoms with Crippen molar-refractivity contribution in [3.63, 3.8) is 0 Å². The molecule has 1 atom stereocenters. The number of halogens is 1. The summed E-state index contributed by atoms with van der Waals surface area (Å²) in [6.45, 7) is 1.86. The fraction of sp³-hybridized carbons (Fsp3) is 0.227. The van der Waals surface area contributed by atoms with Gasteiger partial charge in [-0.15, -0.1) is 0 Å². The van der Waals surface area contributed by atoms with Crippen molar-refractivity contribution in [3.8, 4) is 22.8 Å². The van der Waals surface area contributed by atoms with Gasteiger partial charge in [0.15, 0.2) is 0 Å². The first-order valence-electron chi connectivity index (χ1n) is 9.58. The molecule has 2 aromatic carbocycles. The van der Waals surface area contributed by atoms with Crippen molar-refractivity contribution >= 4 is 34.9 Å². The van der Waals surface area contributed by atoms with E-state index in [1.165, 1.54) is 14.2 Å². The molecule has 0 radical (unpaired) electrons. The zero-order chi connectivity index (χ0) is 22.1. The van der Waals surface area contributed by atoms with Crippen molar-refractivity contribution in [2.45, 2.75) is 19.4 Å². The lowest BCUT2D eigenvalue weighted by molar-refractivity contribution is -0.125. The summed E-state index contributed by atoms with van der Waals surface area (Å²) >= 11 is 5.99. The average molecular weight is 441 g/mol. The maximum Gasteiger partial charge on any atom is 0.249 e. The molecule has 0 saturated heterocycles. The summed E-state index contributed by atoms with van der Waals surface area (Å²) in [7, 11) is 3.06. The van der Waals surface area contributed by atoms with Gasteiger partial charge in [0, 0.05) is 40.0 Å². The number of rotatable bonds is 5. The third-order valence-electron chi connectivity index (χ3n) is 5.12. The van der Waals surface area contributed by atoms with Crippen LogP contribution >= 0.6 is 11.6 Å². The highest BCUT2D eigenvalue weighted by Gasteiger charge is 2.34. The molecule has 0 saturated carbocycles. The number of carbonyl (C=O) groups excluding carboxylic acids is 2. The molecule has 0 fully saturated rings. The first-order valence-corrected chi connectivity index (χ1v) is 9.96. The van der Waals surface area contributed by atoms with Crippen LogP contribution in [0.2, 0.25) is 5.02 Å². The molecule has 1 aromatic heterocycles. The number of fused-ring (bicyclic) bond motifs is 1. The van der Waals surface area contributed by atoms with E-state index < -0.39 is 6.04 Å². The number of nitrogens with one attached hydrogen (secondary N) is 2. The van der Waals surface area contributed by atoms with Crippen LogP contribution in [0.3, 0.4) is 0 Å². The molecule has 0 aliphatic carbocycles. The second-order valence-corrected chi connectivity index (χ2v) is 7.57. The van der Waals surface area contributed by atoms with Crippen LogP contribution in [0.25, 0.3) is 11.3 Å². The van der Waals surface area contributed by atoms with Crippen LogP contribution in [-0.2, 0) is 9.59 Å². The van der Waals surface area contributed by atoms with Crippen molar-refractivity contribution in [3.05, 3.63) is 53.1 Å². The maximum atomic E-state index is 13.1. The summed E-state index contributed by atoms with van der Waals surface area (Å²) in [6, 6.07) is 11.5. The largest absolute Gasteiger partial charge is 0.497 e. The normalized spacial score (nSPS) is 15.1. The lowest BCUT2D eigenvalue weighted by Crippen LogP contribution is -2.35. The van der Waals surface area contributed by atoms with E-state index in [-0.39, 0.29) is 18.2 Å². The second kappa shape index (κ2) is 8.31. The standard InChI is InChI=1S/C22H21ClN4O4/c1-12-20(13-4-6-14(23)7-5-13)26-27-18(11-19(28)25-21(12)27)22(29)24-15-8-16(30-2)10-17(9-15)31-3/h4-10,18H,11H2,1-3H3,(H,24,29)(H,25,28)/t18-/m1/s1. The topological polar surface area (TPSA) is 94.5 Å². The zero-order valence-electron chi connectivity index (χ0n) is 17.2. The first kappa shape index (κ1) is 20.7. The van der Waals surface area contributed by atoms with Crippen LogP contribution in [0.5, 0.6) is 11.5 Å². The van der Waals surface area contributed by atoms with E-state index in [2.05, 4.69) is 15.7 Å². The molecule has 2 amide bonds. The van der Waals surface area contributed by atoms with Gasteiger partial charge in [-0.25, -0.2) is 4.68 Å². The maximum absolute atomic E-state index is 13.1. The van der Waals surface area contributed by atoms with Crippen molar-refractivity contribution < 1.29 is 19.1 Å². The Bertz CT molecular complexity index is 1130. The first-order chi connectivity index (χ1) is 14.9. The third kappa shape index (κ3) is 4.06. The number of nitrogens with zero attached hydrogens (tertiary/aromatic N) is 2. The Morgan fingerprint density at radius 3 is 2.42 bits per heavy atom. The van der Waals surface area contributed by atoms with Crippen LogP contribution in [0.15, 0.2) is 42.5 Å². The molecule has 3 aromatic rings. The number of aromatic nitrogens is 2. The van der Waals surface area contributed by atoms with E-state index in [1.807, 2.05) is 19.1 Å². The van der Waals surface area contributed by atoms with Crippen LogP contribution in [0.4, 0.5) is 11.5 Å². The van der Waals surface area contributed by atoms with Gasteiger partial charge in [0.1, 0.15) is 23.4 Å². The minimum atomic E-state index is -0.805. The Balaban J connectivity index is 1.68. The molecule has 160 valence electrons. The molecule has 1 aliphatic rings. The smallest absolute Gasteiger partial charge is 0.249 e. The second-order valence-electron chi connectivity index (χ2n) is 7.13. The average Bonchev–Trinajstić information content (AvgIpc) is 3.09. The van der Waals surface area contributed by atoms with Crippen molar-refractivity contribution in [1.82, 2.24) is 9.78 Å². The van der Waals surface area contributed by atoms with Crippen LogP contribution < -0.4 is 20.1 Å². The van der Waals surface area contributed by atoms with Crippen molar-refractivity contribution in [1.29, 1.82) is 0 Å². The quantitative estimate of drug-likeness (QED) is 0.624. The summed E-state index contributed by atoms with van der Waals surface area (Å²) in [4.78, 5) is 25.5. The van der Waals surface area contributed by atoms with Gasteiger partial charge in [-0.1, -0.05) is 23.7 Å². The van der Waals surface area contributed by atoms with Crippen molar-refractivity contribution in [2.24, 2.45) is 0 Å². The van der Waals surface area contributed by atoms with Crippen LogP contribution in [-0.4, -0.2) is 35.8 Å². The molecule has 8 nitrogen and oxygen atoms in total. The monoisotopic (exact) mass is 440 g/mol. The molecule has 1 aliphatic heterocycles. The number of hydrogen-bond acceptors (Lipinski definition) is 5. The van der Waals surface area contributed by atoms with E-state index in [1.54, 1.807) is 35.0 Å². The number of hydrogen-bond donors (Lipinski definition) is 2. The minimum Gasteiger partial charge on any atom is -0.497 e. The fourth-order valence-electron chi connectivity index (χ4n) is 3.53. The minimum absolute atomic E-state index is 0.0267. The molecule has 0 unspecified atom stereocenters. The van der Waals surface area contributed by atoms with Crippen LogP contribution in [0.1, 0.15) is 18.0 Å². The molecule has 9 heteroatoms. The summed E-state index contributed by atoms with van der Waals surface area (Å²) in [5, 5.41) is 10.9. The Morgan fingerprint density at radius 2 is 1.81 bits per heavy atom. The number of benzene rings is 2. The summed E-state index contributed by atoms with van der Waals surface area (Å²) in [6.07, 6.45) is -0.0267. The molecular weight excluding hydrogens is 420 g/mol. The lowest BCUT2D eigenvalue weighted by Gasteiger charge is -2.24.